The summed E-state index contributed by atoms with van der Waals surface area (Å²) in [5.41, 5.74) is 0.569. The zero-order valence-corrected chi connectivity index (χ0v) is 20.9. The number of aliphatic hydroxyl groups excluding tert-OH is 1. The fourth-order valence-corrected chi connectivity index (χ4v) is 6.24. The predicted octanol–water partition coefficient (Wildman–Crippen LogP) is 3.03. The van der Waals surface area contributed by atoms with E-state index in [0.29, 0.717) is 31.7 Å². The quantitative estimate of drug-likeness (QED) is 0.240. The van der Waals surface area contributed by atoms with E-state index in [0.717, 1.165) is 19.3 Å². The van der Waals surface area contributed by atoms with Crippen molar-refractivity contribution in [1.29, 1.82) is 0 Å². The van der Waals surface area contributed by atoms with Gasteiger partial charge in [-0.2, -0.15) is 4.31 Å². The number of carbonyl (C=O) groups excluding carboxylic acids is 2. The lowest BCUT2D eigenvalue weighted by Gasteiger charge is -2.26. The van der Waals surface area contributed by atoms with Gasteiger partial charge in [-0.15, -0.1) is 0 Å². The summed E-state index contributed by atoms with van der Waals surface area (Å²) in [6.45, 7) is 1.53. The largest absolute Gasteiger partial charge is 0.508 e. The fraction of sp³-hybridized carbons (Fsp3) is 0.385. The van der Waals surface area contributed by atoms with Crippen LogP contribution in [0, 0.1) is 0 Å². The Labute approximate surface area is 210 Å². The van der Waals surface area contributed by atoms with E-state index in [1.54, 1.807) is 12.1 Å². The average Bonchev–Trinajstić information content (AvgIpc) is 3.14. The number of piperidine rings is 1. The van der Waals surface area contributed by atoms with Crippen molar-refractivity contribution in [2.75, 3.05) is 33.4 Å². The van der Waals surface area contributed by atoms with Crippen LogP contribution in [0.1, 0.15) is 42.9 Å². The zero-order valence-electron chi connectivity index (χ0n) is 20.1. The Balaban J connectivity index is 1.72. The van der Waals surface area contributed by atoms with Gasteiger partial charge in [-0.05, 0) is 61.2 Å². The number of methoxy groups -OCH3 is 1. The summed E-state index contributed by atoms with van der Waals surface area (Å²) in [5.74, 6) is -2.05. The van der Waals surface area contributed by atoms with Crippen LogP contribution in [0.3, 0.4) is 0 Å². The number of hydrogen-bond donors (Lipinski definition) is 2. The molecule has 1 atom stereocenters. The lowest BCUT2D eigenvalue weighted by molar-refractivity contribution is -0.140. The first-order valence-electron chi connectivity index (χ1n) is 11.9. The first kappa shape index (κ1) is 25.9. The van der Waals surface area contributed by atoms with E-state index in [1.807, 2.05) is 0 Å². The number of carbonyl (C=O) groups is 2. The number of hydrogen-bond acceptors (Lipinski definition) is 7. The van der Waals surface area contributed by atoms with Gasteiger partial charge >= 0.3 is 0 Å². The summed E-state index contributed by atoms with van der Waals surface area (Å²) < 4.78 is 32.5. The molecule has 0 aromatic heterocycles. The minimum absolute atomic E-state index is 0.0396. The second-order valence-electron chi connectivity index (χ2n) is 8.92. The normalized spacial score (nSPS) is 20.7. The summed E-state index contributed by atoms with van der Waals surface area (Å²) >= 11 is 0. The van der Waals surface area contributed by atoms with Crippen LogP contribution in [-0.4, -0.2) is 72.9 Å². The van der Waals surface area contributed by atoms with E-state index >= 15 is 0 Å². The fourth-order valence-electron chi connectivity index (χ4n) is 4.73. The molecule has 0 aliphatic carbocycles. The van der Waals surface area contributed by atoms with Crippen molar-refractivity contribution in [2.24, 2.45) is 0 Å². The number of Topliss-reactive ketones (excluding diaryl/α,β-unsaturated/α-hetero) is 1. The van der Waals surface area contributed by atoms with Crippen molar-refractivity contribution in [2.45, 2.75) is 36.6 Å². The predicted molar refractivity (Wildman–Crippen MR) is 133 cm³/mol. The Morgan fingerprint density at radius 3 is 2.39 bits per heavy atom. The molecule has 2 heterocycles. The minimum atomic E-state index is -3.66. The molecule has 0 bridgehead atoms. The van der Waals surface area contributed by atoms with Crippen LogP contribution >= 0.6 is 0 Å². The highest BCUT2D eigenvalue weighted by Crippen LogP contribution is 2.40. The number of phenols is 1. The van der Waals surface area contributed by atoms with Gasteiger partial charge in [-0.1, -0.05) is 18.6 Å². The Morgan fingerprint density at radius 1 is 1.06 bits per heavy atom. The molecule has 1 amide bonds. The maximum absolute atomic E-state index is 13.1. The highest BCUT2D eigenvalue weighted by atomic mass is 32.2. The molecule has 0 spiro atoms. The summed E-state index contributed by atoms with van der Waals surface area (Å²) in [6, 6.07) is 10.9. The molecule has 36 heavy (non-hydrogen) atoms. The average molecular weight is 515 g/mol. The number of sulfonamides is 1. The SMILES string of the molecule is COCCCN1C(=O)C(=O)C(=C(O)c2ccc(S(=O)(=O)N3CCCCC3)cc2)[C@H]1c1cccc(O)c1. The van der Waals surface area contributed by atoms with Gasteiger partial charge in [-0.3, -0.25) is 9.59 Å². The Bertz CT molecular complexity index is 1270. The second kappa shape index (κ2) is 10.8. The van der Waals surface area contributed by atoms with Crippen LogP contribution in [0.4, 0.5) is 0 Å². The molecular weight excluding hydrogens is 484 g/mol. The molecular formula is C26H30N2O7S. The lowest BCUT2D eigenvalue weighted by Crippen LogP contribution is -2.35. The lowest BCUT2D eigenvalue weighted by atomic mass is 9.95. The number of rotatable bonds is 8. The molecule has 0 unspecified atom stereocenters. The number of amides is 1. The number of aliphatic hydroxyl groups is 1. The molecule has 2 aliphatic rings. The number of ketones is 1. The molecule has 2 saturated heterocycles. The third-order valence-electron chi connectivity index (χ3n) is 6.55. The molecule has 0 radical (unpaired) electrons. The standard InChI is InChI=1S/C26H30N2O7S/c1-35-16-6-15-28-23(19-7-5-8-20(29)17-19)22(25(31)26(28)32)24(30)18-9-11-21(12-10-18)36(33,34)27-13-3-2-4-14-27/h5,7-12,17,23,29-30H,2-4,6,13-16H2,1H3/t23-/m1/s1. The topological polar surface area (TPSA) is 124 Å². The van der Waals surface area contributed by atoms with Crippen LogP contribution in [0.25, 0.3) is 5.76 Å². The van der Waals surface area contributed by atoms with Crippen molar-refractivity contribution in [3.8, 4) is 5.75 Å². The van der Waals surface area contributed by atoms with Crippen molar-refractivity contribution < 1.29 is 33.0 Å². The maximum atomic E-state index is 13.1. The number of benzene rings is 2. The molecule has 2 aliphatic heterocycles. The van der Waals surface area contributed by atoms with Gasteiger partial charge in [0, 0.05) is 38.9 Å². The third kappa shape index (κ3) is 5.02. The Hall–Kier alpha value is -3.21. The monoisotopic (exact) mass is 514 g/mol. The van der Waals surface area contributed by atoms with Gasteiger partial charge in [0.25, 0.3) is 11.7 Å². The third-order valence-corrected chi connectivity index (χ3v) is 8.47. The van der Waals surface area contributed by atoms with E-state index in [1.165, 1.54) is 52.7 Å². The van der Waals surface area contributed by atoms with E-state index in [-0.39, 0.29) is 28.3 Å². The van der Waals surface area contributed by atoms with Gasteiger partial charge < -0.3 is 19.8 Å². The Morgan fingerprint density at radius 2 is 1.75 bits per heavy atom. The van der Waals surface area contributed by atoms with Crippen LogP contribution < -0.4 is 0 Å². The molecule has 2 aromatic carbocycles. The molecule has 2 N–H and O–H groups in total. The Kier molecular flexibility index (Phi) is 7.77. The van der Waals surface area contributed by atoms with E-state index in [2.05, 4.69) is 0 Å². The van der Waals surface area contributed by atoms with E-state index in [4.69, 9.17) is 4.74 Å². The molecule has 10 heteroatoms. The van der Waals surface area contributed by atoms with Crippen LogP contribution in [0.2, 0.25) is 0 Å². The number of phenolic OH excluding ortho intramolecular Hbond substituents is 1. The number of aromatic hydroxyl groups is 1. The van der Waals surface area contributed by atoms with Gasteiger partial charge in [0.15, 0.2) is 0 Å². The highest BCUT2D eigenvalue weighted by Gasteiger charge is 2.46. The molecule has 192 valence electrons. The van der Waals surface area contributed by atoms with Crippen molar-refractivity contribution in [3.63, 3.8) is 0 Å². The highest BCUT2D eigenvalue weighted by molar-refractivity contribution is 7.89. The molecule has 0 saturated carbocycles. The van der Waals surface area contributed by atoms with Crippen LogP contribution in [0.5, 0.6) is 5.75 Å². The van der Waals surface area contributed by atoms with Gasteiger partial charge in [-0.25, -0.2) is 8.42 Å². The summed E-state index contributed by atoms with van der Waals surface area (Å²) in [4.78, 5) is 27.4. The smallest absolute Gasteiger partial charge is 0.295 e. The van der Waals surface area contributed by atoms with E-state index in [9.17, 15) is 28.2 Å². The molecule has 4 rings (SSSR count). The summed E-state index contributed by atoms with van der Waals surface area (Å²) in [7, 11) is -2.12. The summed E-state index contributed by atoms with van der Waals surface area (Å²) in [6.07, 6.45) is 3.11. The van der Waals surface area contributed by atoms with Gasteiger partial charge in [0.1, 0.15) is 11.5 Å². The molecule has 2 fully saturated rings. The van der Waals surface area contributed by atoms with Crippen LogP contribution in [-0.2, 0) is 24.3 Å². The van der Waals surface area contributed by atoms with Crippen LogP contribution in [0.15, 0.2) is 59.0 Å². The first-order chi connectivity index (χ1) is 17.3. The van der Waals surface area contributed by atoms with E-state index < -0.39 is 33.5 Å². The van der Waals surface area contributed by atoms with Crippen molar-refractivity contribution in [3.05, 3.63) is 65.2 Å². The first-order valence-corrected chi connectivity index (χ1v) is 13.4. The minimum Gasteiger partial charge on any atom is -0.508 e. The maximum Gasteiger partial charge on any atom is 0.295 e. The van der Waals surface area contributed by atoms with Gasteiger partial charge in [0.2, 0.25) is 10.0 Å². The van der Waals surface area contributed by atoms with Crippen molar-refractivity contribution in [1.82, 2.24) is 9.21 Å². The van der Waals surface area contributed by atoms with Crippen molar-refractivity contribution >= 4 is 27.5 Å². The molecule has 2 aromatic rings. The summed E-state index contributed by atoms with van der Waals surface area (Å²) in [5, 5.41) is 21.2. The number of ether oxygens (including phenoxy) is 1. The second-order valence-corrected chi connectivity index (χ2v) is 10.9. The van der Waals surface area contributed by atoms with Gasteiger partial charge in [0.05, 0.1) is 16.5 Å². The molecule has 9 nitrogen and oxygen atoms in total. The number of likely N-dealkylation sites (tertiary alicyclic amines) is 1. The zero-order chi connectivity index (χ0) is 25.9. The number of nitrogens with zero attached hydrogens (tertiary/aromatic N) is 2.